The van der Waals surface area contributed by atoms with Gasteiger partial charge in [-0.1, -0.05) is 23.5 Å². The third-order valence-electron chi connectivity index (χ3n) is 3.62. The third-order valence-corrected chi connectivity index (χ3v) is 5.39. The van der Waals surface area contributed by atoms with Gasteiger partial charge in [0.1, 0.15) is 0 Å². The maximum absolute atomic E-state index is 12.2. The Morgan fingerprint density at radius 3 is 2.56 bits per heavy atom. The number of carbonyl (C=O) groups excluding carboxylic acids is 1. The summed E-state index contributed by atoms with van der Waals surface area (Å²) in [5.41, 5.74) is 7.88. The molecule has 0 aliphatic carbocycles. The van der Waals surface area contributed by atoms with Gasteiger partial charge in [0.15, 0.2) is 5.13 Å². The number of hydrogen-bond acceptors (Lipinski definition) is 6. The Hall–Kier alpha value is -2.49. The van der Waals surface area contributed by atoms with Crippen LogP contribution < -0.4 is 16.2 Å². The van der Waals surface area contributed by atoms with Gasteiger partial charge in [0, 0.05) is 12.1 Å². The zero-order valence-electron chi connectivity index (χ0n) is 13.1. The van der Waals surface area contributed by atoms with E-state index in [2.05, 4.69) is 10.3 Å². The van der Waals surface area contributed by atoms with E-state index in [-0.39, 0.29) is 10.8 Å². The van der Waals surface area contributed by atoms with Gasteiger partial charge >= 0.3 is 0 Å². The number of nitrogens with one attached hydrogen (secondary N) is 1. The van der Waals surface area contributed by atoms with Gasteiger partial charge in [0.05, 0.1) is 15.1 Å². The number of thiazole rings is 1. The fourth-order valence-corrected chi connectivity index (χ4v) is 3.64. The number of nitrogens with zero attached hydrogens (tertiary/aromatic N) is 1. The largest absolute Gasteiger partial charge is 0.375 e. The molecule has 2 aromatic carbocycles. The lowest BCUT2D eigenvalue weighted by molar-refractivity contribution is 0.0954. The number of amides is 1. The summed E-state index contributed by atoms with van der Waals surface area (Å²) in [5.74, 6) is -0.185. The van der Waals surface area contributed by atoms with Crippen molar-refractivity contribution in [2.75, 3.05) is 12.3 Å². The number of nitrogen functional groups attached to an aromatic ring is 1. The molecule has 0 aliphatic rings. The molecule has 0 radical (unpaired) electrons. The first kappa shape index (κ1) is 17.3. The van der Waals surface area contributed by atoms with Crippen molar-refractivity contribution in [1.82, 2.24) is 10.3 Å². The lowest BCUT2D eigenvalue weighted by atomic mass is 10.1. The molecule has 1 amide bonds. The summed E-state index contributed by atoms with van der Waals surface area (Å²) in [5, 5.41) is 8.36. The number of anilines is 1. The second-order valence-corrected chi connectivity index (χ2v) is 8.05. The number of rotatable bonds is 5. The van der Waals surface area contributed by atoms with Gasteiger partial charge in [0.2, 0.25) is 10.0 Å². The Kier molecular flexibility index (Phi) is 4.71. The quantitative estimate of drug-likeness (QED) is 0.621. The molecule has 0 fully saturated rings. The first-order valence-electron chi connectivity index (χ1n) is 7.39. The van der Waals surface area contributed by atoms with Crippen molar-refractivity contribution in [2.45, 2.75) is 11.3 Å². The molecule has 0 spiro atoms. The summed E-state index contributed by atoms with van der Waals surface area (Å²) in [6, 6.07) is 11.5. The van der Waals surface area contributed by atoms with Crippen LogP contribution in [0.4, 0.5) is 5.13 Å². The second-order valence-electron chi connectivity index (χ2n) is 5.43. The van der Waals surface area contributed by atoms with Gasteiger partial charge in [-0.25, -0.2) is 18.5 Å². The van der Waals surface area contributed by atoms with Crippen molar-refractivity contribution in [1.29, 1.82) is 0 Å². The van der Waals surface area contributed by atoms with Crippen molar-refractivity contribution in [3.05, 3.63) is 53.6 Å². The van der Waals surface area contributed by atoms with E-state index in [1.807, 2.05) is 0 Å². The number of hydrogen-bond donors (Lipinski definition) is 3. The fourth-order valence-electron chi connectivity index (χ4n) is 2.35. The highest BCUT2D eigenvalue weighted by Gasteiger charge is 2.09. The molecule has 0 saturated heterocycles. The molecule has 9 heteroatoms. The standard InChI is InChI=1S/C16H16N4O3S2/c17-16-20-13-6-3-11(9-14(13)24-16)15(21)19-8-7-10-1-4-12(5-2-10)25(18,22)23/h1-6,9H,7-8H2,(H2,17,20)(H,19,21)(H2,18,22,23). The van der Waals surface area contributed by atoms with Crippen molar-refractivity contribution >= 4 is 42.6 Å². The topological polar surface area (TPSA) is 128 Å². The molecule has 3 rings (SSSR count). The smallest absolute Gasteiger partial charge is 0.251 e. The van der Waals surface area contributed by atoms with Crippen LogP contribution in [0.25, 0.3) is 10.2 Å². The van der Waals surface area contributed by atoms with Crippen LogP contribution in [-0.2, 0) is 16.4 Å². The average molecular weight is 376 g/mol. The average Bonchev–Trinajstić information content (AvgIpc) is 2.93. The number of fused-ring (bicyclic) bond motifs is 1. The molecule has 1 aromatic heterocycles. The zero-order valence-corrected chi connectivity index (χ0v) is 14.7. The van der Waals surface area contributed by atoms with E-state index < -0.39 is 10.0 Å². The van der Waals surface area contributed by atoms with Crippen LogP contribution in [0.5, 0.6) is 0 Å². The van der Waals surface area contributed by atoms with Crippen molar-refractivity contribution in [2.24, 2.45) is 5.14 Å². The Labute approximate surface area is 148 Å². The Bertz CT molecular complexity index is 1030. The molecule has 25 heavy (non-hydrogen) atoms. The number of carbonyl (C=O) groups is 1. The van der Waals surface area contributed by atoms with E-state index in [4.69, 9.17) is 10.9 Å². The highest BCUT2D eigenvalue weighted by Crippen LogP contribution is 2.24. The van der Waals surface area contributed by atoms with Gasteiger partial charge < -0.3 is 11.1 Å². The summed E-state index contributed by atoms with van der Waals surface area (Å²) >= 11 is 1.34. The highest BCUT2D eigenvalue weighted by molar-refractivity contribution is 7.89. The summed E-state index contributed by atoms with van der Waals surface area (Å²) in [4.78, 5) is 16.4. The lowest BCUT2D eigenvalue weighted by Gasteiger charge is -2.06. The molecule has 0 unspecified atom stereocenters. The maximum Gasteiger partial charge on any atom is 0.251 e. The third kappa shape index (κ3) is 4.13. The van der Waals surface area contributed by atoms with E-state index in [0.717, 1.165) is 15.8 Å². The second kappa shape index (κ2) is 6.79. The SMILES string of the molecule is Nc1nc2ccc(C(=O)NCCc3ccc(S(N)(=O)=O)cc3)cc2s1. The van der Waals surface area contributed by atoms with Gasteiger partial charge in [-0.2, -0.15) is 0 Å². The molecule has 0 atom stereocenters. The van der Waals surface area contributed by atoms with Gasteiger partial charge in [-0.15, -0.1) is 0 Å². The van der Waals surface area contributed by atoms with Crippen LogP contribution in [0.15, 0.2) is 47.4 Å². The minimum absolute atomic E-state index is 0.0671. The van der Waals surface area contributed by atoms with Crippen LogP contribution in [0.3, 0.4) is 0 Å². The number of nitrogens with two attached hydrogens (primary N) is 2. The predicted octanol–water partition coefficient (Wildman–Crippen LogP) is 1.50. The molecule has 1 heterocycles. The minimum Gasteiger partial charge on any atom is -0.375 e. The molecule has 3 aromatic rings. The number of benzene rings is 2. The summed E-state index contributed by atoms with van der Waals surface area (Å²) in [6.07, 6.45) is 0.576. The van der Waals surface area contributed by atoms with Crippen LogP contribution in [0.2, 0.25) is 0 Å². The predicted molar refractivity (Wildman–Crippen MR) is 97.9 cm³/mol. The Balaban J connectivity index is 1.60. The fraction of sp³-hybridized carbons (Fsp3) is 0.125. The summed E-state index contributed by atoms with van der Waals surface area (Å²) < 4.78 is 23.3. The number of primary sulfonamides is 1. The molecule has 130 valence electrons. The summed E-state index contributed by atoms with van der Waals surface area (Å²) in [7, 11) is -3.69. The molecular formula is C16H16N4O3S2. The van der Waals surface area contributed by atoms with Crippen LogP contribution in [-0.4, -0.2) is 25.9 Å². The van der Waals surface area contributed by atoms with E-state index in [9.17, 15) is 13.2 Å². The lowest BCUT2D eigenvalue weighted by Crippen LogP contribution is -2.25. The van der Waals surface area contributed by atoms with Crippen molar-refractivity contribution in [3.63, 3.8) is 0 Å². The summed E-state index contributed by atoms with van der Waals surface area (Å²) in [6.45, 7) is 0.427. The van der Waals surface area contributed by atoms with Crippen molar-refractivity contribution < 1.29 is 13.2 Å². The molecule has 7 nitrogen and oxygen atoms in total. The molecule has 0 saturated carbocycles. The van der Waals surface area contributed by atoms with E-state index in [0.29, 0.717) is 23.7 Å². The van der Waals surface area contributed by atoms with Gasteiger partial charge in [0.25, 0.3) is 5.91 Å². The van der Waals surface area contributed by atoms with Crippen molar-refractivity contribution in [3.8, 4) is 0 Å². The molecule has 0 aliphatic heterocycles. The molecule has 0 bridgehead atoms. The first-order valence-corrected chi connectivity index (χ1v) is 9.75. The normalized spacial score (nSPS) is 11.6. The minimum atomic E-state index is -3.69. The van der Waals surface area contributed by atoms with Crippen LogP contribution >= 0.6 is 11.3 Å². The van der Waals surface area contributed by atoms with E-state index >= 15 is 0 Å². The van der Waals surface area contributed by atoms with E-state index in [1.165, 1.54) is 23.5 Å². The maximum atomic E-state index is 12.2. The Morgan fingerprint density at radius 2 is 1.88 bits per heavy atom. The first-order chi connectivity index (χ1) is 11.8. The molecular weight excluding hydrogens is 360 g/mol. The Morgan fingerprint density at radius 1 is 1.16 bits per heavy atom. The zero-order chi connectivity index (χ0) is 18.0. The molecule has 5 N–H and O–H groups in total. The van der Waals surface area contributed by atoms with Crippen LogP contribution in [0.1, 0.15) is 15.9 Å². The van der Waals surface area contributed by atoms with Crippen LogP contribution in [0, 0.1) is 0 Å². The van der Waals surface area contributed by atoms with Gasteiger partial charge in [-0.3, -0.25) is 4.79 Å². The highest BCUT2D eigenvalue weighted by atomic mass is 32.2. The van der Waals surface area contributed by atoms with Gasteiger partial charge in [-0.05, 0) is 42.3 Å². The number of aromatic nitrogens is 1. The number of sulfonamides is 1. The monoisotopic (exact) mass is 376 g/mol. The van der Waals surface area contributed by atoms with E-state index in [1.54, 1.807) is 30.3 Å².